The Morgan fingerprint density at radius 3 is 2.43 bits per heavy atom. The number of carbonyl (C=O) groups is 3. The third kappa shape index (κ3) is 5.83. The average molecular weight is 556 g/mol. The van der Waals surface area contributed by atoms with E-state index in [9.17, 15) is 36.7 Å². The molecule has 1 aromatic heterocycles. The normalized spacial score (nSPS) is 20.1. The first-order valence-corrected chi connectivity index (χ1v) is 14.2. The number of benzene rings is 1. The Morgan fingerprint density at radius 2 is 1.81 bits per heavy atom. The lowest BCUT2D eigenvalue weighted by Crippen LogP contribution is -2.56. The van der Waals surface area contributed by atoms with Crippen LogP contribution in [0.5, 0.6) is 0 Å². The molecule has 0 spiro atoms. The van der Waals surface area contributed by atoms with Crippen LogP contribution in [-0.2, 0) is 19.6 Å². The van der Waals surface area contributed by atoms with Gasteiger partial charge in [-0.05, 0) is 48.4 Å². The van der Waals surface area contributed by atoms with Crippen molar-refractivity contribution in [3.05, 3.63) is 52.9 Å². The standard InChI is InChI=1S/C24H27F2N3O6S2/c25-17-9-8-16(13-18(17)26)24(33)28-10-11-29(37(34,35)21-7-4-12-36-21)23(28)22(32)27-19(14-20(30)31)15-5-2-1-3-6-15/h4,7-9,12-13,15,19,23H,1-3,5-6,10-11,14H2,(H,27,32)(H,30,31). The van der Waals surface area contributed by atoms with Crippen molar-refractivity contribution in [1.29, 1.82) is 0 Å². The number of nitrogens with zero attached hydrogens (tertiary/aromatic N) is 2. The number of thiophene rings is 1. The first kappa shape index (κ1) is 27.1. The summed E-state index contributed by atoms with van der Waals surface area (Å²) in [5.41, 5.74) is -0.249. The van der Waals surface area contributed by atoms with Crippen molar-refractivity contribution in [2.75, 3.05) is 13.1 Å². The Labute approximate surface area is 217 Å². The van der Waals surface area contributed by atoms with Gasteiger partial charge in [-0.3, -0.25) is 14.4 Å². The molecule has 9 nitrogen and oxygen atoms in total. The molecule has 37 heavy (non-hydrogen) atoms. The van der Waals surface area contributed by atoms with Gasteiger partial charge in [0.15, 0.2) is 17.8 Å². The van der Waals surface area contributed by atoms with Gasteiger partial charge in [-0.25, -0.2) is 17.2 Å². The number of carboxylic acids is 1. The van der Waals surface area contributed by atoms with E-state index >= 15 is 0 Å². The summed E-state index contributed by atoms with van der Waals surface area (Å²) in [5, 5.41) is 13.7. The van der Waals surface area contributed by atoms with Gasteiger partial charge in [0.1, 0.15) is 4.21 Å². The van der Waals surface area contributed by atoms with E-state index < -0.39 is 51.6 Å². The largest absolute Gasteiger partial charge is 0.481 e. The minimum Gasteiger partial charge on any atom is -0.481 e. The van der Waals surface area contributed by atoms with Gasteiger partial charge in [-0.1, -0.05) is 25.3 Å². The van der Waals surface area contributed by atoms with Crippen LogP contribution >= 0.6 is 11.3 Å². The second-order valence-corrected chi connectivity index (χ2v) is 12.2. The number of rotatable bonds is 8. The van der Waals surface area contributed by atoms with Gasteiger partial charge in [-0.2, -0.15) is 4.31 Å². The Hall–Kier alpha value is -2.90. The van der Waals surface area contributed by atoms with E-state index in [4.69, 9.17) is 0 Å². The maximum absolute atomic E-state index is 13.8. The van der Waals surface area contributed by atoms with Crippen LogP contribution in [0.4, 0.5) is 8.78 Å². The molecule has 2 heterocycles. The summed E-state index contributed by atoms with van der Waals surface area (Å²) in [7, 11) is -4.19. The van der Waals surface area contributed by atoms with Crippen LogP contribution in [0.1, 0.15) is 48.9 Å². The Morgan fingerprint density at radius 1 is 1.08 bits per heavy atom. The highest BCUT2D eigenvalue weighted by Crippen LogP contribution is 2.31. The summed E-state index contributed by atoms with van der Waals surface area (Å²) in [5.74, 6) is -5.32. The highest BCUT2D eigenvalue weighted by Gasteiger charge is 2.47. The quantitative estimate of drug-likeness (QED) is 0.516. The number of aliphatic carboxylic acids is 1. The van der Waals surface area contributed by atoms with Gasteiger partial charge in [0.25, 0.3) is 21.8 Å². The van der Waals surface area contributed by atoms with Crippen molar-refractivity contribution in [2.45, 2.75) is 54.9 Å². The highest BCUT2D eigenvalue weighted by atomic mass is 32.2. The maximum atomic E-state index is 13.8. The molecule has 2 aliphatic rings. The fourth-order valence-corrected chi connectivity index (χ4v) is 7.65. The number of amides is 2. The number of nitrogens with one attached hydrogen (secondary N) is 1. The van der Waals surface area contributed by atoms with Gasteiger partial charge < -0.3 is 15.3 Å². The van der Waals surface area contributed by atoms with Gasteiger partial charge in [0.2, 0.25) is 0 Å². The number of hydrogen-bond donors (Lipinski definition) is 2. The molecular formula is C24H27F2N3O6S2. The van der Waals surface area contributed by atoms with Crippen molar-refractivity contribution < 1.29 is 36.7 Å². The summed E-state index contributed by atoms with van der Waals surface area (Å²) in [6, 6.07) is 4.69. The van der Waals surface area contributed by atoms with Crippen molar-refractivity contribution in [3.8, 4) is 0 Å². The van der Waals surface area contributed by atoms with E-state index in [2.05, 4.69) is 5.32 Å². The molecule has 13 heteroatoms. The molecule has 4 rings (SSSR count). The molecule has 2 atom stereocenters. The molecule has 1 saturated heterocycles. The summed E-state index contributed by atoms with van der Waals surface area (Å²) in [6.07, 6.45) is 2.25. The summed E-state index contributed by atoms with van der Waals surface area (Å²) < 4.78 is 54.9. The highest BCUT2D eigenvalue weighted by molar-refractivity contribution is 7.91. The molecule has 2 N–H and O–H groups in total. The van der Waals surface area contributed by atoms with Crippen LogP contribution in [0, 0.1) is 17.6 Å². The Kier molecular flexibility index (Phi) is 8.24. The smallest absolute Gasteiger partial charge is 0.305 e. The van der Waals surface area contributed by atoms with Crippen LogP contribution in [0.25, 0.3) is 0 Å². The molecular weight excluding hydrogens is 528 g/mol. The molecule has 0 radical (unpaired) electrons. The zero-order valence-electron chi connectivity index (χ0n) is 19.8. The lowest BCUT2D eigenvalue weighted by molar-refractivity contribution is -0.138. The molecule has 200 valence electrons. The van der Waals surface area contributed by atoms with Crippen LogP contribution in [-0.4, -0.2) is 65.8 Å². The van der Waals surface area contributed by atoms with E-state index in [1.807, 2.05) is 0 Å². The number of hydrogen-bond acceptors (Lipinski definition) is 6. The molecule has 1 aromatic carbocycles. The van der Waals surface area contributed by atoms with Gasteiger partial charge in [-0.15, -0.1) is 11.3 Å². The number of sulfonamides is 1. The minimum atomic E-state index is -4.19. The zero-order chi connectivity index (χ0) is 26.7. The molecule has 0 bridgehead atoms. The summed E-state index contributed by atoms with van der Waals surface area (Å²) >= 11 is 0.951. The van der Waals surface area contributed by atoms with E-state index in [0.29, 0.717) is 6.07 Å². The van der Waals surface area contributed by atoms with E-state index in [1.165, 1.54) is 6.07 Å². The van der Waals surface area contributed by atoms with Gasteiger partial charge in [0, 0.05) is 24.7 Å². The Bertz CT molecular complexity index is 1270. The first-order valence-electron chi connectivity index (χ1n) is 11.9. The maximum Gasteiger partial charge on any atom is 0.305 e. The lowest BCUT2D eigenvalue weighted by Gasteiger charge is -2.33. The molecule has 1 aliphatic heterocycles. The van der Waals surface area contributed by atoms with Crippen LogP contribution < -0.4 is 5.32 Å². The average Bonchev–Trinajstić information content (AvgIpc) is 3.56. The predicted octanol–water partition coefficient (Wildman–Crippen LogP) is 3.04. The molecule has 2 aromatic rings. The topological polar surface area (TPSA) is 124 Å². The van der Waals surface area contributed by atoms with Crippen molar-refractivity contribution in [2.24, 2.45) is 5.92 Å². The fraction of sp³-hybridized carbons (Fsp3) is 0.458. The fourth-order valence-electron chi connectivity index (χ4n) is 4.98. The molecule has 1 saturated carbocycles. The number of carboxylic acid groups (broad SMARTS) is 1. The Balaban J connectivity index is 1.68. The lowest BCUT2D eigenvalue weighted by atomic mass is 9.82. The van der Waals surface area contributed by atoms with Crippen LogP contribution in [0.15, 0.2) is 39.9 Å². The minimum absolute atomic E-state index is 0.0261. The molecule has 1 aliphatic carbocycles. The molecule has 2 fully saturated rings. The van der Waals surface area contributed by atoms with Crippen molar-refractivity contribution >= 4 is 39.1 Å². The third-order valence-corrected chi connectivity index (χ3v) is 10.0. The second kappa shape index (κ2) is 11.2. The zero-order valence-corrected chi connectivity index (χ0v) is 21.4. The third-order valence-electron chi connectivity index (χ3n) is 6.79. The monoisotopic (exact) mass is 555 g/mol. The van der Waals surface area contributed by atoms with Gasteiger partial charge in [0.05, 0.1) is 6.42 Å². The van der Waals surface area contributed by atoms with Crippen molar-refractivity contribution in [3.63, 3.8) is 0 Å². The molecule has 2 amide bonds. The van der Waals surface area contributed by atoms with E-state index in [-0.39, 0.29) is 35.2 Å². The van der Waals surface area contributed by atoms with Crippen LogP contribution in [0.3, 0.4) is 0 Å². The van der Waals surface area contributed by atoms with Crippen molar-refractivity contribution in [1.82, 2.24) is 14.5 Å². The number of halogens is 2. The summed E-state index contributed by atoms with van der Waals surface area (Å²) in [4.78, 5) is 39.5. The predicted molar refractivity (Wildman–Crippen MR) is 130 cm³/mol. The first-order chi connectivity index (χ1) is 17.6. The van der Waals surface area contributed by atoms with E-state index in [1.54, 1.807) is 11.4 Å². The van der Waals surface area contributed by atoms with Gasteiger partial charge >= 0.3 is 5.97 Å². The second-order valence-electron chi connectivity index (χ2n) is 9.16. The summed E-state index contributed by atoms with van der Waals surface area (Å²) in [6.45, 7) is -0.381. The molecule has 2 unspecified atom stereocenters. The SMILES string of the molecule is O=C(O)CC(NC(=O)C1N(C(=O)c2ccc(F)c(F)c2)CCN1S(=O)(=O)c1cccs1)C1CCCCC1. The van der Waals surface area contributed by atoms with Crippen LogP contribution in [0.2, 0.25) is 0 Å². The number of carbonyl (C=O) groups excluding carboxylic acids is 2. The van der Waals surface area contributed by atoms with E-state index in [0.717, 1.165) is 64.8 Å².